The lowest BCUT2D eigenvalue weighted by atomic mass is 10.0. The molecule has 0 aliphatic carbocycles. The maximum absolute atomic E-state index is 12.6. The van der Waals surface area contributed by atoms with Gasteiger partial charge in [0.2, 0.25) is 5.91 Å². The van der Waals surface area contributed by atoms with Crippen LogP contribution in [-0.2, 0) is 11.2 Å². The van der Waals surface area contributed by atoms with Gasteiger partial charge in [-0.15, -0.1) is 0 Å². The Morgan fingerprint density at radius 1 is 0.862 bits per heavy atom. The number of rotatable bonds is 5. The Bertz CT molecular complexity index is 859. The minimum atomic E-state index is 0.114. The molecule has 29 heavy (non-hydrogen) atoms. The van der Waals surface area contributed by atoms with E-state index in [-0.39, 0.29) is 11.8 Å². The fourth-order valence-electron chi connectivity index (χ4n) is 4.04. The predicted molar refractivity (Wildman–Crippen MR) is 117 cm³/mol. The van der Waals surface area contributed by atoms with E-state index in [4.69, 9.17) is 0 Å². The Morgan fingerprint density at radius 3 is 2.21 bits per heavy atom. The summed E-state index contributed by atoms with van der Waals surface area (Å²) in [6.45, 7) is 4.87. The van der Waals surface area contributed by atoms with Crippen molar-refractivity contribution in [2.75, 3.05) is 39.3 Å². The van der Waals surface area contributed by atoms with Gasteiger partial charge in [0.15, 0.2) is 0 Å². The highest BCUT2D eigenvalue weighted by molar-refractivity contribution is 9.10. The van der Waals surface area contributed by atoms with Crippen molar-refractivity contribution < 1.29 is 9.59 Å². The van der Waals surface area contributed by atoms with Crippen LogP contribution in [0.3, 0.4) is 0 Å². The molecule has 6 heteroatoms. The molecule has 2 amide bonds. The van der Waals surface area contributed by atoms with E-state index in [2.05, 4.69) is 26.9 Å². The van der Waals surface area contributed by atoms with Crippen LogP contribution in [0.15, 0.2) is 59.1 Å². The van der Waals surface area contributed by atoms with Crippen molar-refractivity contribution in [2.45, 2.75) is 18.9 Å². The fourth-order valence-corrected chi connectivity index (χ4v) is 4.53. The SMILES string of the molecule is O=C(CCc1ccccc1Br)N1CC(N2CCN(C(=O)c3ccccc3)CC2)C1. The molecule has 2 fully saturated rings. The van der Waals surface area contributed by atoms with Gasteiger partial charge < -0.3 is 9.80 Å². The number of hydrogen-bond donors (Lipinski definition) is 0. The van der Waals surface area contributed by atoms with Gasteiger partial charge in [0, 0.05) is 61.8 Å². The molecule has 0 bridgehead atoms. The topological polar surface area (TPSA) is 43.9 Å². The van der Waals surface area contributed by atoms with Gasteiger partial charge in [-0.25, -0.2) is 0 Å². The molecule has 0 spiro atoms. The van der Waals surface area contributed by atoms with Crippen LogP contribution < -0.4 is 0 Å². The van der Waals surface area contributed by atoms with Crippen molar-refractivity contribution in [2.24, 2.45) is 0 Å². The number of piperazine rings is 1. The van der Waals surface area contributed by atoms with Crippen LogP contribution in [0.4, 0.5) is 0 Å². The minimum Gasteiger partial charge on any atom is -0.339 e. The Labute approximate surface area is 180 Å². The molecule has 2 aliphatic rings. The summed E-state index contributed by atoms with van der Waals surface area (Å²) in [5.41, 5.74) is 1.93. The second kappa shape index (κ2) is 9.09. The molecule has 4 rings (SSSR count). The van der Waals surface area contributed by atoms with E-state index >= 15 is 0 Å². The molecule has 2 aromatic rings. The highest BCUT2D eigenvalue weighted by Crippen LogP contribution is 2.21. The van der Waals surface area contributed by atoms with Gasteiger partial charge in [-0.05, 0) is 30.2 Å². The largest absolute Gasteiger partial charge is 0.339 e. The van der Waals surface area contributed by atoms with Crippen molar-refractivity contribution in [1.82, 2.24) is 14.7 Å². The number of nitrogens with zero attached hydrogens (tertiary/aromatic N) is 3. The van der Waals surface area contributed by atoms with E-state index in [0.29, 0.717) is 12.5 Å². The number of amides is 2. The van der Waals surface area contributed by atoms with E-state index in [9.17, 15) is 9.59 Å². The molecule has 2 aliphatic heterocycles. The maximum Gasteiger partial charge on any atom is 0.253 e. The van der Waals surface area contributed by atoms with Crippen LogP contribution in [0.2, 0.25) is 0 Å². The van der Waals surface area contributed by atoms with E-state index in [1.54, 1.807) is 0 Å². The average Bonchev–Trinajstić information content (AvgIpc) is 2.73. The third-order valence-corrected chi connectivity index (χ3v) is 6.69. The third kappa shape index (κ3) is 4.70. The molecule has 0 unspecified atom stereocenters. The molecule has 5 nitrogen and oxygen atoms in total. The summed E-state index contributed by atoms with van der Waals surface area (Å²) in [4.78, 5) is 31.4. The lowest BCUT2D eigenvalue weighted by Gasteiger charge is -2.48. The zero-order valence-electron chi connectivity index (χ0n) is 16.5. The Morgan fingerprint density at radius 2 is 1.52 bits per heavy atom. The monoisotopic (exact) mass is 455 g/mol. The van der Waals surface area contributed by atoms with Crippen LogP contribution in [0, 0.1) is 0 Å². The summed E-state index contributed by atoms with van der Waals surface area (Å²) in [5.74, 6) is 0.345. The molecule has 152 valence electrons. The summed E-state index contributed by atoms with van der Waals surface area (Å²) < 4.78 is 1.07. The van der Waals surface area contributed by atoms with E-state index in [1.807, 2.05) is 58.3 Å². The summed E-state index contributed by atoms with van der Waals surface area (Å²) in [6, 6.07) is 18.0. The minimum absolute atomic E-state index is 0.114. The average molecular weight is 456 g/mol. The standard InChI is InChI=1S/C23H26BrN3O2/c24-21-9-5-4-6-18(21)10-11-22(28)27-16-20(17-27)25-12-14-26(15-13-25)23(29)19-7-2-1-3-8-19/h1-9,20H,10-17H2. The van der Waals surface area contributed by atoms with Gasteiger partial charge in [-0.1, -0.05) is 52.3 Å². The summed E-state index contributed by atoms with van der Waals surface area (Å²) in [5, 5.41) is 0. The Balaban J connectivity index is 1.19. The van der Waals surface area contributed by atoms with Gasteiger partial charge >= 0.3 is 0 Å². The zero-order chi connectivity index (χ0) is 20.2. The highest BCUT2D eigenvalue weighted by atomic mass is 79.9. The van der Waals surface area contributed by atoms with Crippen LogP contribution >= 0.6 is 15.9 Å². The first-order valence-electron chi connectivity index (χ1n) is 10.2. The molecule has 0 N–H and O–H groups in total. The molecule has 0 radical (unpaired) electrons. The first-order chi connectivity index (χ1) is 14.1. The number of benzene rings is 2. The molecule has 0 atom stereocenters. The number of halogens is 1. The third-order valence-electron chi connectivity index (χ3n) is 5.92. The van der Waals surface area contributed by atoms with Crippen molar-refractivity contribution >= 4 is 27.7 Å². The summed E-state index contributed by atoms with van der Waals surface area (Å²) in [7, 11) is 0. The normalized spacial score (nSPS) is 17.8. The van der Waals surface area contributed by atoms with Gasteiger partial charge in [-0.3, -0.25) is 14.5 Å². The molecular weight excluding hydrogens is 430 g/mol. The number of hydrogen-bond acceptors (Lipinski definition) is 3. The van der Waals surface area contributed by atoms with Crippen molar-refractivity contribution in [3.63, 3.8) is 0 Å². The summed E-state index contributed by atoms with van der Waals surface area (Å²) >= 11 is 3.55. The number of carbonyl (C=O) groups excluding carboxylic acids is 2. The lowest BCUT2D eigenvalue weighted by Crippen LogP contribution is -2.64. The van der Waals surface area contributed by atoms with Gasteiger partial charge in [0.05, 0.1) is 0 Å². The van der Waals surface area contributed by atoms with Gasteiger partial charge in [0.1, 0.15) is 0 Å². The summed E-state index contributed by atoms with van der Waals surface area (Å²) in [6.07, 6.45) is 1.32. The smallest absolute Gasteiger partial charge is 0.253 e. The second-order valence-electron chi connectivity index (χ2n) is 7.74. The van der Waals surface area contributed by atoms with Gasteiger partial charge in [0.25, 0.3) is 5.91 Å². The van der Waals surface area contributed by atoms with Crippen LogP contribution in [-0.4, -0.2) is 71.8 Å². The van der Waals surface area contributed by atoms with E-state index in [1.165, 1.54) is 5.56 Å². The Hall–Kier alpha value is -2.18. The second-order valence-corrected chi connectivity index (χ2v) is 8.59. The first-order valence-corrected chi connectivity index (χ1v) is 11.0. The van der Waals surface area contributed by atoms with Crippen molar-refractivity contribution in [3.05, 3.63) is 70.2 Å². The molecule has 0 saturated carbocycles. The maximum atomic E-state index is 12.6. The number of likely N-dealkylation sites (tertiary alicyclic amines) is 1. The molecule has 2 heterocycles. The molecular formula is C23H26BrN3O2. The number of aryl methyl sites for hydroxylation is 1. The van der Waals surface area contributed by atoms with Crippen LogP contribution in [0.25, 0.3) is 0 Å². The first kappa shape index (κ1) is 20.1. The van der Waals surface area contributed by atoms with Crippen LogP contribution in [0.1, 0.15) is 22.3 Å². The predicted octanol–water partition coefficient (Wildman–Crippen LogP) is 3.05. The van der Waals surface area contributed by atoms with Gasteiger partial charge in [-0.2, -0.15) is 0 Å². The number of carbonyl (C=O) groups is 2. The fraction of sp³-hybridized carbons (Fsp3) is 0.391. The lowest BCUT2D eigenvalue weighted by molar-refractivity contribution is -0.139. The quantitative estimate of drug-likeness (QED) is 0.695. The van der Waals surface area contributed by atoms with Crippen LogP contribution in [0.5, 0.6) is 0 Å². The molecule has 2 saturated heterocycles. The van der Waals surface area contributed by atoms with E-state index in [0.717, 1.165) is 55.7 Å². The molecule has 0 aromatic heterocycles. The molecule has 2 aromatic carbocycles. The van der Waals surface area contributed by atoms with Crippen molar-refractivity contribution in [3.8, 4) is 0 Å². The Kier molecular flexibility index (Phi) is 6.31. The van der Waals surface area contributed by atoms with Crippen molar-refractivity contribution in [1.29, 1.82) is 0 Å². The van der Waals surface area contributed by atoms with E-state index < -0.39 is 0 Å². The zero-order valence-corrected chi connectivity index (χ0v) is 18.1. The highest BCUT2D eigenvalue weighted by Gasteiger charge is 2.36.